The molecule has 1 saturated heterocycles. The quantitative estimate of drug-likeness (QED) is 0.824. The highest BCUT2D eigenvalue weighted by Crippen LogP contribution is 2.25. The number of hydrogen-bond acceptors (Lipinski definition) is 3. The minimum absolute atomic E-state index is 0.00809. The maximum atomic E-state index is 12.2. The Labute approximate surface area is 112 Å². The third-order valence-corrected chi connectivity index (χ3v) is 4.27. The van der Waals surface area contributed by atoms with Crippen molar-refractivity contribution < 1.29 is 4.79 Å². The second-order valence-corrected chi connectivity index (χ2v) is 5.63. The second-order valence-electron chi connectivity index (χ2n) is 5.63. The highest BCUT2D eigenvalue weighted by Gasteiger charge is 2.29. The van der Waals surface area contributed by atoms with Crippen molar-refractivity contribution in [3.63, 3.8) is 0 Å². The molecule has 2 aliphatic heterocycles. The molecule has 1 fully saturated rings. The number of carbonyl (C=O) groups is 1. The molecular weight excluding hydrogens is 242 g/mol. The van der Waals surface area contributed by atoms with E-state index >= 15 is 0 Å². The maximum absolute atomic E-state index is 12.2. The van der Waals surface area contributed by atoms with Gasteiger partial charge in [-0.3, -0.25) is 9.59 Å². The van der Waals surface area contributed by atoms with Crippen molar-refractivity contribution in [1.82, 2.24) is 14.8 Å². The summed E-state index contributed by atoms with van der Waals surface area (Å²) in [5.74, 6) is 0.690. The molecule has 2 aliphatic rings. The van der Waals surface area contributed by atoms with Crippen molar-refractivity contribution in [2.24, 2.45) is 13.0 Å². The first kappa shape index (κ1) is 12.4. The van der Waals surface area contributed by atoms with Crippen molar-refractivity contribution in [2.45, 2.75) is 26.4 Å². The number of aromatic nitrogens is 1. The number of pyridine rings is 1. The van der Waals surface area contributed by atoms with Gasteiger partial charge in [-0.25, -0.2) is 0 Å². The molecule has 0 aromatic carbocycles. The zero-order chi connectivity index (χ0) is 13.6. The van der Waals surface area contributed by atoms with Gasteiger partial charge in [0.1, 0.15) is 0 Å². The average molecular weight is 261 g/mol. The lowest BCUT2D eigenvalue weighted by molar-refractivity contribution is -0.133. The molecule has 0 unspecified atom stereocenters. The molecule has 1 aromatic heterocycles. The number of rotatable bonds is 2. The molecule has 102 valence electrons. The summed E-state index contributed by atoms with van der Waals surface area (Å²) < 4.78 is 1.67. The van der Waals surface area contributed by atoms with Crippen LogP contribution in [0.5, 0.6) is 0 Å². The average Bonchev–Trinajstić information content (AvgIpc) is 2.76. The van der Waals surface area contributed by atoms with Crippen LogP contribution in [0.2, 0.25) is 0 Å². The molecule has 1 amide bonds. The minimum Gasteiger partial charge on any atom is -0.332 e. The molecule has 1 aromatic rings. The standard InChI is InChI=1S/C14H19N3O2/c1-9-3-13(18)16(2)12-8-17(7-11(9)12)14(19)4-10-5-15-6-10/h3,10,15H,4-8H2,1-2H3. The van der Waals surface area contributed by atoms with Crippen LogP contribution in [0.25, 0.3) is 0 Å². The van der Waals surface area contributed by atoms with E-state index in [-0.39, 0.29) is 11.5 Å². The van der Waals surface area contributed by atoms with E-state index in [1.165, 1.54) is 0 Å². The molecule has 0 saturated carbocycles. The van der Waals surface area contributed by atoms with Crippen molar-refractivity contribution in [1.29, 1.82) is 0 Å². The van der Waals surface area contributed by atoms with Gasteiger partial charge < -0.3 is 14.8 Å². The zero-order valence-corrected chi connectivity index (χ0v) is 11.4. The van der Waals surface area contributed by atoms with E-state index in [1.807, 2.05) is 11.8 Å². The van der Waals surface area contributed by atoms with Crippen LogP contribution in [0.4, 0.5) is 0 Å². The fourth-order valence-corrected chi connectivity index (χ4v) is 2.82. The van der Waals surface area contributed by atoms with E-state index in [9.17, 15) is 9.59 Å². The lowest BCUT2D eigenvalue weighted by Crippen LogP contribution is -2.44. The van der Waals surface area contributed by atoms with Crippen LogP contribution >= 0.6 is 0 Å². The Hall–Kier alpha value is -1.62. The largest absolute Gasteiger partial charge is 0.332 e. The van der Waals surface area contributed by atoms with Crippen LogP contribution in [-0.4, -0.2) is 28.5 Å². The van der Waals surface area contributed by atoms with E-state index in [1.54, 1.807) is 17.7 Å². The summed E-state index contributed by atoms with van der Waals surface area (Å²) in [5.41, 5.74) is 3.14. The van der Waals surface area contributed by atoms with Crippen LogP contribution < -0.4 is 10.9 Å². The highest BCUT2D eigenvalue weighted by molar-refractivity contribution is 5.77. The van der Waals surface area contributed by atoms with Crippen molar-refractivity contribution >= 4 is 5.91 Å². The Morgan fingerprint density at radius 2 is 2.16 bits per heavy atom. The Morgan fingerprint density at radius 1 is 1.42 bits per heavy atom. The fraction of sp³-hybridized carbons (Fsp3) is 0.571. The molecule has 3 rings (SSSR count). The number of amides is 1. The summed E-state index contributed by atoms with van der Waals surface area (Å²) in [6, 6.07) is 1.66. The van der Waals surface area contributed by atoms with Gasteiger partial charge in [0.25, 0.3) is 5.56 Å². The van der Waals surface area contributed by atoms with Gasteiger partial charge >= 0.3 is 0 Å². The normalized spacial score (nSPS) is 18.3. The van der Waals surface area contributed by atoms with E-state index in [2.05, 4.69) is 5.32 Å². The van der Waals surface area contributed by atoms with Crippen LogP contribution in [0.15, 0.2) is 10.9 Å². The van der Waals surface area contributed by atoms with E-state index in [0.717, 1.165) is 29.9 Å². The fourth-order valence-electron chi connectivity index (χ4n) is 2.82. The van der Waals surface area contributed by atoms with Crippen LogP contribution in [-0.2, 0) is 24.9 Å². The molecule has 0 radical (unpaired) electrons. The van der Waals surface area contributed by atoms with Crippen molar-refractivity contribution in [3.05, 3.63) is 33.2 Å². The predicted molar refractivity (Wildman–Crippen MR) is 71.7 cm³/mol. The molecule has 3 heterocycles. The summed E-state index contributed by atoms with van der Waals surface area (Å²) in [7, 11) is 1.78. The summed E-state index contributed by atoms with van der Waals surface area (Å²) in [6.45, 7) is 5.06. The maximum Gasteiger partial charge on any atom is 0.250 e. The molecule has 5 nitrogen and oxygen atoms in total. The molecule has 0 aliphatic carbocycles. The number of fused-ring (bicyclic) bond motifs is 1. The van der Waals surface area contributed by atoms with Gasteiger partial charge in [0, 0.05) is 31.8 Å². The molecule has 19 heavy (non-hydrogen) atoms. The first-order valence-electron chi connectivity index (χ1n) is 6.73. The molecular formula is C14H19N3O2. The van der Waals surface area contributed by atoms with Crippen molar-refractivity contribution in [3.8, 4) is 0 Å². The lowest BCUT2D eigenvalue weighted by atomic mass is 9.99. The van der Waals surface area contributed by atoms with E-state index in [0.29, 0.717) is 25.4 Å². The third kappa shape index (κ3) is 2.08. The number of carbonyl (C=O) groups excluding carboxylic acids is 1. The monoisotopic (exact) mass is 261 g/mol. The van der Waals surface area contributed by atoms with Gasteiger partial charge in [-0.1, -0.05) is 0 Å². The van der Waals surface area contributed by atoms with Gasteiger partial charge in [-0.2, -0.15) is 0 Å². The van der Waals surface area contributed by atoms with Gasteiger partial charge in [0.05, 0.1) is 6.54 Å². The SMILES string of the molecule is Cc1cc(=O)n(C)c2c1CN(C(=O)CC1CNC1)C2. The number of aryl methyl sites for hydroxylation is 1. The smallest absolute Gasteiger partial charge is 0.250 e. The van der Waals surface area contributed by atoms with Crippen LogP contribution in [0.1, 0.15) is 23.2 Å². The second kappa shape index (κ2) is 4.49. The Morgan fingerprint density at radius 3 is 2.79 bits per heavy atom. The molecule has 1 N–H and O–H groups in total. The number of hydrogen-bond donors (Lipinski definition) is 1. The van der Waals surface area contributed by atoms with E-state index < -0.39 is 0 Å². The summed E-state index contributed by atoms with van der Waals surface area (Å²) in [5, 5.41) is 3.18. The molecule has 0 atom stereocenters. The van der Waals surface area contributed by atoms with Gasteiger partial charge in [-0.15, -0.1) is 0 Å². The molecule has 0 spiro atoms. The first-order valence-corrected chi connectivity index (χ1v) is 6.73. The summed E-state index contributed by atoms with van der Waals surface area (Å²) in [6.07, 6.45) is 0.619. The number of nitrogens with zero attached hydrogens (tertiary/aromatic N) is 2. The Balaban J connectivity index is 1.80. The molecule has 5 heteroatoms. The van der Waals surface area contributed by atoms with E-state index in [4.69, 9.17) is 0 Å². The van der Waals surface area contributed by atoms with Crippen molar-refractivity contribution in [2.75, 3.05) is 13.1 Å². The first-order chi connectivity index (χ1) is 9.06. The molecule has 0 bridgehead atoms. The zero-order valence-electron chi connectivity index (χ0n) is 11.4. The summed E-state index contributed by atoms with van der Waals surface area (Å²) in [4.78, 5) is 25.9. The minimum atomic E-state index is 0.00809. The lowest BCUT2D eigenvalue weighted by Gasteiger charge is -2.28. The topological polar surface area (TPSA) is 54.3 Å². The Bertz CT molecular complexity index is 587. The summed E-state index contributed by atoms with van der Waals surface area (Å²) >= 11 is 0. The third-order valence-electron chi connectivity index (χ3n) is 4.27. The highest BCUT2D eigenvalue weighted by atomic mass is 16.2. The predicted octanol–water partition coefficient (Wildman–Crippen LogP) is 0.145. The van der Waals surface area contributed by atoms with Crippen LogP contribution in [0, 0.1) is 12.8 Å². The van der Waals surface area contributed by atoms with Gasteiger partial charge in [-0.05, 0) is 37.1 Å². The number of nitrogens with one attached hydrogen (secondary N) is 1. The van der Waals surface area contributed by atoms with Gasteiger partial charge in [0.2, 0.25) is 5.91 Å². The van der Waals surface area contributed by atoms with Gasteiger partial charge in [0.15, 0.2) is 0 Å². The van der Waals surface area contributed by atoms with Crippen LogP contribution in [0.3, 0.4) is 0 Å². The Kier molecular flexibility index (Phi) is 2.93.